The number of hydrogen-bond donors (Lipinski definition) is 1. The molecule has 0 aliphatic heterocycles. The lowest BCUT2D eigenvalue weighted by molar-refractivity contribution is 1.18. The average Bonchev–Trinajstić information content (AvgIpc) is 2.34. The van der Waals surface area contributed by atoms with Crippen LogP contribution in [-0.4, -0.2) is 17.9 Å². The van der Waals surface area contributed by atoms with Crippen molar-refractivity contribution in [2.75, 3.05) is 11.9 Å². The van der Waals surface area contributed by atoms with Gasteiger partial charge in [-0.2, -0.15) is 4.98 Å². The van der Waals surface area contributed by atoms with Gasteiger partial charge in [0.2, 0.25) is 5.13 Å². The molecule has 60 valence electrons. The van der Waals surface area contributed by atoms with Gasteiger partial charge in [0.25, 0.3) is 0 Å². The molecule has 1 N–H and O–H groups in total. The van der Waals surface area contributed by atoms with Crippen LogP contribution in [0.1, 0.15) is 6.92 Å². The third kappa shape index (κ3) is 2.05. The lowest BCUT2D eigenvalue weighted by atomic mass is 10.6. The second-order valence-corrected chi connectivity index (χ2v) is 4.70. The van der Waals surface area contributed by atoms with E-state index in [0.29, 0.717) is 9.79 Å². The quantitative estimate of drug-likeness (QED) is 0.331. The van der Waals surface area contributed by atoms with Crippen LogP contribution in [0.2, 0.25) is 0 Å². The molecule has 1 aromatic rings. The van der Waals surface area contributed by atoms with Crippen molar-refractivity contribution >= 4 is 43.9 Å². The van der Waals surface area contributed by atoms with E-state index in [1.165, 1.54) is 20.7 Å². The van der Waals surface area contributed by atoms with Crippen LogP contribution in [-0.2, 0) is 0 Å². The van der Waals surface area contributed by atoms with Crippen molar-refractivity contribution in [2.24, 2.45) is 0 Å². The molecule has 0 aliphatic carbocycles. The maximum atomic E-state index is 7.31. The summed E-state index contributed by atoms with van der Waals surface area (Å²) < 4.78 is 0.637. The molecule has 0 saturated heterocycles. The summed E-state index contributed by atoms with van der Waals surface area (Å²) in [4.78, 5) is 5.77. The topological polar surface area (TPSA) is 40.0 Å². The highest BCUT2D eigenvalue weighted by molar-refractivity contribution is 7.79. The van der Waals surface area contributed by atoms with Gasteiger partial charge in [-0.25, -0.2) is 0 Å². The lowest BCUT2D eigenvalue weighted by Crippen LogP contribution is -2.21. The highest BCUT2D eigenvalue weighted by Gasteiger charge is 2.05. The van der Waals surface area contributed by atoms with Crippen molar-refractivity contribution in [2.45, 2.75) is 6.92 Å². The molecule has 3 nitrogen and oxygen atoms in total. The maximum Gasteiger partial charge on any atom is 0.202 e. The fourth-order valence-corrected chi connectivity index (χ4v) is 2.61. The van der Waals surface area contributed by atoms with E-state index < -0.39 is 0 Å². The Morgan fingerprint density at radius 1 is 1.64 bits per heavy atom. The van der Waals surface area contributed by atoms with E-state index in [-0.39, 0.29) is 0 Å². The van der Waals surface area contributed by atoms with Gasteiger partial charge in [-0.1, -0.05) is 0 Å². The predicted octanol–water partition coefficient (Wildman–Crippen LogP) is 2.37. The zero-order valence-electron chi connectivity index (χ0n) is 6.12. The Kier molecular flexibility index (Phi) is 2.69. The predicted molar refractivity (Wildman–Crippen MR) is 52.6 cm³/mol. The zero-order valence-corrected chi connectivity index (χ0v) is 8.57. The van der Waals surface area contributed by atoms with Crippen LogP contribution in [0.15, 0.2) is 0 Å². The highest BCUT2D eigenvalue weighted by Crippen LogP contribution is 2.22. The van der Waals surface area contributed by atoms with Gasteiger partial charge < -0.3 is 4.90 Å². The molecule has 0 fully saturated rings. The fourth-order valence-electron chi connectivity index (χ4n) is 0.463. The summed E-state index contributed by atoms with van der Waals surface area (Å²) in [5.74, 6) is 0.474. The largest absolute Gasteiger partial charge is 0.309 e. The third-order valence-electron chi connectivity index (χ3n) is 1.16. The molecule has 6 heteroatoms. The van der Waals surface area contributed by atoms with E-state index in [4.69, 9.17) is 17.6 Å². The van der Waals surface area contributed by atoms with Gasteiger partial charge in [0.15, 0.2) is 3.95 Å². The first kappa shape index (κ1) is 8.76. The maximum absolute atomic E-state index is 7.31. The van der Waals surface area contributed by atoms with Crippen LogP contribution in [0.5, 0.6) is 0 Å². The van der Waals surface area contributed by atoms with E-state index >= 15 is 0 Å². The van der Waals surface area contributed by atoms with E-state index in [9.17, 15) is 0 Å². The molecule has 0 aliphatic rings. The molecule has 0 spiro atoms. The van der Waals surface area contributed by atoms with Crippen molar-refractivity contribution < 1.29 is 0 Å². The van der Waals surface area contributed by atoms with Crippen LogP contribution >= 0.6 is 32.9 Å². The molecular formula is C5H7N3S3. The summed E-state index contributed by atoms with van der Waals surface area (Å²) in [6.45, 7) is 1.72. The van der Waals surface area contributed by atoms with Gasteiger partial charge in [0.05, 0.1) is 5.84 Å². The molecule has 0 amide bonds. The number of rotatable bonds is 1. The monoisotopic (exact) mass is 205 g/mol. The highest BCUT2D eigenvalue weighted by atomic mass is 32.9. The SMILES string of the molecule is CC(=N)N(C)c1nc(=S)ss1. The van der Waals surface area contributed by atoms with Crippen LogP contribution in [0, 0.1) is 9.36 Å². The van der Waals surface area contributed by atoms with E-state index in [1.807, 2.05) is 7.05 Å². The number of amidine groups is 1. The standard InChI is InChI=1S/C5H7N3S3/c1-3(6)8(2)4-7-5(9)11-10-4/h6H,1-2H3. The van der Waals surface area contributed by atoms with Gasteiger partial charge in [-0.3, -0.25) is 5.41 Å². The summed E-state index contributed by atoms with van der Waals surface area (Å²) in [5, 5.41) is 8.11. The second kappa shape index (κ2) is 3.38. The summed E-state index contributed by atoms with van der Waals surface area (Å²) in [6.07, 6.45) is 0. The molecule has 0 aromatic carbocycles. The number of aromatic nitrogens is 1. The van der Waals surface area contributed by atoms with Crippen molar-refractivity contribution in [3.8, 4) is 0 Å². The molecule has 0 radical (unpaired) electrons. The molecular weight excluding hydrogens is 198 g/mol. The summed E-state index contributed by atoms with van der Waals surface area (Å²) in [6, 6.07) is 0. The smallest absolute Gasteiger partial charge is 0.202 e. The lowest BCUT2D eigenvalue weighted by Gasteiger charge is -2.11. The second-order valence-electron chi connectivity index (χ2n) is 1.97. The van der Waals surface area contributed by atoms with Gasteiger partial charge in [0, 0.05) is 7.05 Å². The minimum atomic E-state index is 0.474. The first-order valence-electron chi connectivity index (χ1n) is 2.87. The molecule has 1 rings (SSSR count). The van der Waals surface area contributed by atoms with Gasteiger partial charge in [-0.15, -0.1) is 0 Å². The first-order valence-corrected chi connectivity index (χ1v) is 5.43. The summed E-state index contributed by atoms with van der Waals surface area (Å²) in [5.41, 5.74) is 0. The zero-order chi connectivity index (χ0) is 8.43. The average molecular weight is 205 g/mol. The van der Waals surface area contributed by atoms with Crippen molar-refractivity contribution in [3.05, 3.63) is 3.95 Å². The Bertz CT molecular complexity index is 313. The Balaban J connectivity index is 2.93. The van der Waals surface area contributed by atoms with Crippen molar-refractivity contribution in [1.82, 2.24) is 4.98 Å². The Morgan fingerprint density at radius 2 is 2.27 bits per heavy atom. The molecule has 1 heterocycles. The Labute approximate surface area is 77.2 Å². The van der Waals surface area contributed by atoms with Crippen LogP contribution in [0.4, 0.5) is 5.13 Å². The summed E-state index contributed by atoms with van der Waals surface area (Å²) >= 11 is 4.86. The Morgan fingerprint density at radius 3 is 2.64 bits per heavy atom. The fraction of sp³-hybridized carbons (Fsp3) is 0.400. The normalized spacial score (nSPS) is 9.64. The van der Waals surface area contributed by atoms with Crippen molar-refractivity contribution in [3.63, 3.8) is 0 Å². The van der Waals surface area contributed by atoms with Gasteiger partial charge in [0.1, 0.15) is 0 Å². The minimum absolute atomic E-state index is 0.474. The number of nitrogens with one attached hydrogen (secondary N) is 1. The van der Waals surface area contributed by atoms with E-state index in [2.05, 4.69) is 4.98 Å². The molecule has 0 saturated carbocycles. The Hall–Kier alpha value is -0.330. The van der Waals surface area contributed by atoms with Crippen molar-refractivity contribution in [1.29, 1.82) is 5.41 Å². The minimum Gasteiger partial charge on any atom is -0.309 e. The van der Waals surface area contributed by atoms with Gasteiger partial charge >= 0.3 is 0 Å². The van der Waals surface area contributed by atoms with Crippen LogP contribution < -0.4 is 4.90 Å². The number of hydrogen-bond acceptors (Lipinski definition) is 5. The molecule has 11 heavy (non-hydrogen) atoms. The van der Waals surface area contributed by atoms with Gasteiger partial charge in [-0.05, 0) is 39.8 Å². The number of nitrogens with zero attached hydrogens (tertiary/aromatic N) is 2. The molecule has 0 bridgehead atoms. The first-order chi connectivity index (χ1) is 5.11. The molecule has 1 aromatic heterocycles. The summed E-state index contributed by atoms with van der Waals surface area (Å²) in [7, 11) is 4.76. The third-order valence-corrected chi connectivity index (χ3v) is 3.82. The van der Waals surface area contributed by atoms with E-state index in [0.717, 1.165) is 5.13 Å². The van der Waals surface area contributed by atoms with Crippen LogP contribution in [0.25, 0.3) is 0 Å². The van der Waals surface area contributed by atoms with Crippen LogP contribution in [0.3, 0.4) is 0 Å². The van der Waals surface area contributed by atoms with E-state index in [1.54, 1.807) is 11.8 Å². The molecule has 0 atom stereocenters. The number of anilines is 1. The molecule has 0 unspecified atom stereocenters.